The quantitative estimate of drug-likeness (QED) is 0.630. The smallest absolute Gasteiger partial charge is 0.261 e. The molecular weight excluding hydrogens is 428 g/mol. The summed E-state index contributed by atoms with van der Waals surface area (Å²) in [6.45, 7) is 0.668. The normalized spacial score (nSPS) is 18.4. The van der Waals surface area contributed by atoms with E-state index in [-0.39, 0.29) is 11.8 Å². The predicted molar refractivity (Wildman–Crippen MR) is 92.3 cm³/mol. The summed E-state index contributed by atoms with van der Waals surface area (Å²) in [5.41, 5.74) is 2.19. The van der Waals surface area contributed by atoms with Crippen molar-refractivity contribution in [1.29, 1.82) is 0 Å². The molecule has 3 rings (SSSR count). The Labute approximate surface area is 144 Å². The van der Waals surface area contributed by atoms with Crippen LogP contribution in [0.25, 0.3) is 0 Å². The maximum absolute atomic E-state index is 12.1. The lowest BCUT2D eigenvalue weighted by molar-refractivity contribution is 0.0960. The molecule has 0 radical (unpaired) electrons. The van der Waals surface area contributed by atoms with E-state index >= 15 is 0 Å². The van der Waals surface area contributed by atoms with E-state index in [0.29, 0.717) is 16.6 Å². The van der Waals surface area contributed by atoms with Crippen molar-refractivity contribution in [3.63, 3.8) is 0 Å². The molecule has 1 aliphatic heterocycles. The molecule has 0 bridgehead atoms. The molecule has 1 N–H and O–H groups in total. The van der Waals surface area contributed by atoms with Crippen LogP contribution in [0.2, 0.25) is 10.0 Å². The third-order valence-electron chi connectivity index (χ3n) is 3.38. The van der Waals surface area contributed by atoms with Crippen molar-refractivity contribution < 1.29 is 4.79 Å². The third-order valence-corrected chi connectivity index (χ3v) is 6.03. The van der Waals surface area contributed by atoms with Crippen LogP contribution in [0.4, 0.5) is 0 Å². The zero-order valence-corrected chi connectivity index (χ0v) is 14.7. The minimum absolute atomic E-state index is 0.0236. The molecule has 0 saturated heterocycles. The Morgan fingerprint density at radius 3 is 2.80 bits per heavy atom. The number of nitrogens with one attached hydrogen (secondary N) is 1. The highest BCUT2D eigenvalue weighted by Crippen LogP contribution is 2.38. The molecule has 2 aromatic rings. The van der Waals surface area contributed by atoms with Gasteiger partial charge in [0.1, 0.15) is 0 Å². The van der Waals surface area contributed by atoms with Crippen molar-refractivity contribution in [3.05, 3.63) is 53.2 Å². The molecule has 1 amide bonds. The third kappa shape index (κ3) is 2.71. The van der Waals surface area contributed by atoms with E-state index in [1.54, 1.807) is 0 Å². The summed E-state index contributed by atoms with van der Waals surface area (Å²) in [5, 5.41) is 4.06. The van der Waals surface area contributed by atoms with Crippen LogP contribution < -0.4 is 5.32 Å². The Kier molecular flexibility index (Phi) is 4.26. The topological polar surface area (TPSA) is 29.1 Å². The Morgan fingerprint density at radius 1 is 1.25 bits per heavy atom. The summed E-state index contributed by atoms with van der Waals surface area (Å²) < 4.78 is 1.12. The lowest BCUT2D eigenvalue weighted by Gasteiger charge is -2.15. The summed E-state index contributed by atoms with van der Waals surface area (Å²) in [6.07, 6.45) is 0.865. The second kappa shape index (κ2) is 5.83. The molecule has 0 saturated carbocycles. The monoisotopic (exact) mass is 437 g/mol. The number of benzene rings is 1. The molecule has 1 aromatic heterocycles. The van der Waals surface area contributed by atoms with Gasteiger partial charge in [-0.1, -0.05) is 29.3 Å². The molecule has 1 atom stereocenters. The summed E-state index contributed by atoms with van der Waals surface area (Å²) in [5.74, 6) is 0.203. The maximum atomic E-state index is 12.1. The van der Waals surface area contributed by atoms with Gasteiger partial charge in [-0.25, -0.2) is 0 Å². The van der Waals surface area contributed by atoms with Gasteiger partial charge in [0.2, 0.25) is 0 Å². The van der Waals surface area contributed by atoms with Gasteiger partial charge < -0.3 is 5.32 Å². The van der Waals surface area contributed by atoms with Gasteiger partial charge in [0, 0.05) is 12.5 Å². The maximum Gasteiger partial charge on any atom is 0.261 e. The first-order valence-electron chi connectivity index (χ1n) is 6.08. The Bertz CT molecular complexity index is 686. The Morgan fingerprint density at radius 2 is 2.05 bits per heavy atom. The van der Waals surface area contributed by atoms with Crippen molar-refractivity contribution in [2.45, 2.75) is 12.3 Å². The minimum atomic E-state index is 0.0236. The fourth-order valence-corrected chi connectivity index (χ4v) is 4.62. The van der Waals surface area contributed by atoms with Crippen LogP contribution in [0.1, 0.15) is 33.1 Å². The van der Waals surface area contributed by atoms with Crippen LogP contribution in [0.3, 0.4) is 0 Å². The second-order valence-corrected chi connectivity index (χ2v) is 8.37. The molecule has 104 valence electrons. The summed E-state index contributed by atoms with van der Waals surface area (Å²) >= 11 is 15.9. The Balaban J connectivity index is 2.10. The molecule has 0 spiro atoms. The predicted octanol–water partition coefficient (Wildman–Crippen LogP) is 4.92. The molecule has 6 heteroatoms. The van der Waals surface area contributed by atoms with E-state index in [4.69, 9.17) is 23.2 Å². The fourth-order valence-electron chi connectivity index (χ4n) is 2.45. The molecular formula is C14H10Cl2INOS. The van der Waals surface area contributed by atoms with Crippen molar-refractivity contribution in [2.24, 2.45) is 0 Å². The highest BCUT2D eigenvalue weighted by atomic mass is 127. The van der Waals surface area contributed by atoms with Gasteiger partial charge >= 0.3 is 0 Å². The first-order valence-corrected chi connectivity index (χ1v) is 8.74. The van der Waals surface area contributed by atoms with Crippen molar-refractivity contribution in [2.75, 3.05) is 6.54 Å². The van der Waals surface area contributed by atoms with Crippen molar-refractivity contribution in [3.8, 4) is 0 Å². The molecule has 20 heavy (non-hydrogen) atoms. The lowest BCUT2D eigenvalue weighted by atomic mass is 9.89. The largest absolute Gasteiger partial charge is 0.351 e. The van der Waals surface area contributed by atoms with Crippen molar-refractivity contribution >= 4 is 63.0 Å². The van der Waals surface area contributed by atoms with Gasteiger partial charge in [0.25, 0.3) is 5.91 Å². The number of halogens is 3. The van der Waals surface area contributed by atoms with E-state index in [1.165, 1.54) is 11.3 Å². The van der Waals surface area contributed by atoms with Crippen LogP contribution in [0.5, 0.6) is 0 Å². The van der Waals surface area contributed by atoms with E-state index in [0.717, 1.165) is 25.3 Å². The first kappa shape index (κ1) is 14.6. The molecule has 1 aliphatic rings. The zero-order chi connectivity index (χ0) is 14.3. The number of hydrogen-bond acceptors (Lipinski definition) is 2. The second-order valence-electron chi connectivity index (χ2n) is 4.61. The molecule has 1 unspecified atom stereocenters. The van der Waals surface area contributed by atoms with E-state index in [2.05, 4.69) is 34.0 Å². The van der Waals surface area contributed by atoms with Crippen LogP contribution in [-0.4, -0.2) is 12.5 Å². The molecule has 2 nitrogen and oxygen atoms in total. The van der Waals surface area contributed by atoms with Crippen LogP contribution in [-0.2, 0) is 0 Å². The van der Waals surface area contributed by atoms with E-state index in [9.17, 15) is 4.79 Å². The minimum Gasteiger partial charge on any atom is -0.351 e. The number of fused-ring (bicyclic) bond motifs is 1. The number of hydrogen-bond donors (Lipinski definition) is 1. The van der Waals surface area contributed by atoms with Gasteiger partial charge in [-0.05, 0) is 58.3 Å². The number of rotatable bonds is 1. The van der Waals surface area contributed by atoms with Gasteiger partial charge in [0.15, 0.2) is 0 Å². The van der Waals surface area contributed by atoms with Gasteiger partial charge in [-0.2, -0.15) is 0 Å². The number of carbonyl (C=O) groups is 1. The zero-order valence-electron chi connectivity index (χ0n) is 10.3. The SMILES string of the molecule is O=C1NCCC(c2ccc(Cl)c(Cl)c2)c2cc(I)sc21. The number of carbonyl (C=O) groups excluding carboxylic acids is 1. The molecule has 2 heterocycles. The Hall–Kier alpha value is -0.300. The average molecular weight is 438 g/mol. The van der Waals surface area contributed by atoms with Crippen LogP contribution in [0, 0.1) is 2.88 Å². The lowest BCUT2D eigenvalue weighted by Crippen LogP contribution is -2.21. The molecule has 0 fully saturated rings. The van der Waals surface area contributed by atoms with Crippen LogP contribution >= 0.6 is 57.1 Å². The molecule has 0 aliphatic carbocycles. The van der Waals surface area contributed by atoms with E-state index < -0.39 is 0 Å². The highest BCUT2D eigenvalue weighted by molar-refractivity contribution is 14.1. The average Bonchev–Trinajstić information content (AvgIpc) is 2.73. The van der Waals surface area contributed by atoms with Gasteiger partial charge in [0.05, 0.1) is 17.8 Å². The van der Waals surface area contributed by atoms with E-state index in [1.807, 2.05) is 18.2 Å². The summed E-state index contributed by atoms with van der Waals surface area (Å²) in [6, 6.07) is 7.80. The fraction of sp³-hybridized carbons (Fsp3) is 0.214. The van der Waals surface area contributed by atoms with Crippen LogP contribution in [0.15, 0.2) is 24.3 Å². The summed E-state index contributed by atoms with van der Waals surface area (Å²) in [7, 11) is 0. The summed E-state index contributed by atoms with van der Waals surface area (Å²) in [4.78, 5) is 12.9. The van der Waals surface area contributed by atoms with Gasteiger partial charge in [-0.3, -0.25) is 4.79 Å². The van der Waals surface area contributed by atoms with Crippen molar-refractivity contribution in [1.82, 2.24) is 5.32 Å². The highest BCUT2D eigenvalue weighted by Gasteiger charge is 2.27. The standard InChI is InChI=1S/C14H10Cl2INOS/c15-10-2-1-7(5-11(10)16)8-3-4-18-14(19)13-9(8)6-12(17)20-13/h1-2,5-6,8H,3-4H2,(H,18,19). The molecule has 1 aromatic carbocycles. The van der Waals surface area contributed by atoms with Gasteiger partial charge in [-0.15, -0.1) is 11.3 Å². The number of amides is 1. The first-order chi connectivity index (χ1) is 9.56. The number of thiophene rings is 1.